The van der Waals surface area contributed by atoms with Crippen molar-refractivity contribution in [2.24, 2.45) is 0 Å². The number of hydrogen-bond donors (Lipinski definition) is 1. The van der Waals surface area contributed by atoms with Gasteiger partial charge in [-0.2, -0.15) is 0 Å². The van der Waals surface area contributed by atoms with E-state index in [1.165, 1.54) is 4.88 Å². The van der Waals surface area contributed by atoms with Crippen LogP contribution in [0.4, 0.5) is 0 Å². The van der Waals surface area contributed by atoms with Crippen molar-refractivity contribution in [3.63, 3.8) is 0 Å². The average Bonchev–Trinajstić information content (AvgIpc) is 3.02. The molecule has 0 atom stereocenters. The summed E-state index contributed by atoms with van der Waals surface area (Å²) in [6.07, 6.45) is 1.00. The highest BCUT2D eigenvalue weighted by atomic mass is 32.1. The maximum absolute atomic E-state index is 5.40. The summed E-state index contributed by atoms with van der Waals surface area (Å²) < 4.78 is 8.14. The number of ether oxygens (including phenoxy) is 1. The van der Waals surface area contributed by atoms with Crippen LogP contribution in [0.15, 0.2) is 35.7 Å². The van der Waals surface area contributed by atoms with Crippen LogP contribution in [0.2, 0.25) is 0 Å². The number of aromatic nitrogens is 2. The highest BCUT2D eigenvalue weighted by Crippen LogP contribution is 2.21. The zero-order chi connectivity index (χ0) is 13.2. The van der Waals surface area contributed by atoms with Crippen molar-refractivity contribution in [3.05, 3.63) is 45.4 Å². The predicted molar refractivity (Wildman–Crippen MR) is 81.7 cm³/mol. The molecule has 0 saturated heterocycles. The molecule has 0 amide bonds. The van der Waals surface area contributed by atoms with Crippen LogP contribution in [0.25, 0.3) is 11.0 Å². The molecule has 3 rings (SSSR count). The summed E-state index contributed by atoms with van der Waals surface area (Å²) in [6, 6.07) is 10.2. The lowest BCUT2D eigenvalue weighted by atomic mass is 10.3. The number of benzene rings is 1. The van der Waals surface area contributed by atoms with E-state index in [2.05, 4.69) is 33.1 Å². The van der Waals surface area contributed by atoms with E-state index in [0.29, 0.717) is 0 Å². The van der Waals surface area contributed by atoms with Crippen molar-refractivity contribution in [1.82, 2.24) is 9.55 Å². The van der Waals surface area contributed by atoms with Crippen LogP contribution in [0.1, 0.15) is 4.88 Å². The van der Waals surface area contributed by atoms with Crippen LogP contribution < -0.4 is 4.74 Å². The van der Waals surface area contributed by atoms with Crippen LogP contribution in [0.5, 0.6) is 5.75 Å². The van der Waals surface area contributed by atoms with Crippen LogP contribution in [0, 0.1) is 4.77 Å². The van der Waals surface area contributed by atoms with Gasteiger partial charge in [0.15, 0.2) is 4.77 Å². The van der Waals surface area contributed by atoms with Crippen LogP contribution in [-0.2, 0) is 13.0 Å². The summed E-state index contributed by atoms with van der Waals surface area (Å²) >= 11 is 7.18. The van der Waals surface area contributed by atoms with Gasteiger partial charge in [0.05, 0.1) is 18.1 Å². The summed E-state index contributed by atoms with van der Waals surface area (Å²) in [5, 5.41) is 2.11. The molecule has 3 aromatic rings. The third-order valence-electron chi connectivity index (χ3n) is 3.14. The molecule has 0 bridgehead atoms. The molecular weight excluding hydrogens is 276 g/mol. The fourth-order valence-electron chi connectivity index (χ4n) is 2.17. The summed E-state index contributed by atoms with van der Waals surface area (Å²) in [5.41, 5.74) is 2.15. The number of nitrogens with one attached hydrogen (secondary N) is 1. The zero-order valence-electron chi connectivity index (χ0n) is 10.6. The van der Waals surface area contributed by atoms with E-state index in [-0.39, 0.29) is 0 Å². The number of nitrogens with zero attached hydrogens (tertiary/aromatic N) is 1. The molecule has 0 aliphatic heterocycles. The Morgan fingerprint density at radius 1 is 1.37 bits per heavy atom. The number of aromatic amines is 1. The van der Waals surface area contributed by atoms with Gasteiger partial charge in [-0.1, -0.05) is 6.07 Å². The molecule has 0 radical (unpaired) electrons. The minimum atomic E-state index is 0.764. The first-order valence-corrected chi connectivity index (χ1v) is 7.35. The van der Waals surface area contributed by atoms with Gasteiger partial charge in [-0.05, 0) is 42.2 Å². The number of hydrogen-bond acceptors (Lipinski definition) is 3. The third kappa shape index (κ3) is 2.43. The summed E-state index contributed by atoms with van der Waals surface area (Å²) in [5.74, 6) is 0.842. The highest BCUT2D eigenvalue weighted by molar-refractivity contribution is 7.71. The fraction of sp³-hybridized carbons (Fsp3) is 0.214. The highest BCUT2D eigenvalue weighted by Gasteiger charge is 2.06. The molecule has 0 aliphatic rings. The van der Waals surface area contributed by atoms with Gasteiger partial charge in [0.25, 0.3) is 0 Å². The van der Waals surface area contributed by atoms with Gasteiger partial charge in [0.2, 0.25) is 0 Å². The Morgan fingerprint density at radius 3 is 3.00 bits per heavy atom. The number of methoxy groups -OCH3 is 1. The molecule has 0 spiro atoms. The standard InChI is InChI=1S/C14H14N2OS2/c1-17-10-4-5-13-12(9-10)15-14(18)16(13)7-6-11-3-2-8-19-11/h2-5,8-9H,6-7H2,1H3,(H,15,18). The molecule has 2 aromatic heterocycles. The Hall–Kier alpha value is -1.59. The quantitative estimate of drug-likeness (QED) is 0.736. The first-order valence-electron chi connectivity index (χ1n) is 6.07. The van der Waals surface area contributed by atoms with Gasteiger partial charge >= 0.3 is 0 Å². The average molecular weight is 290 g/mol. The molecule has 0 fully saturated rings. The van der Waals surface area contributed by atoms with Gasteiger partial charge in [-0.25, -0.2) is 0 Å². The van der Waals surface area contributed by atoms with E-state index < -0.39 is 0 Å². The Morgan fingerprint density at radius 2 is 2.26 bits per heavy atom. The van der Waals surface area contributed by atoms with Gasteiger partial charge in [-0.15, -0.1) is 11.3 Å². The number of fused-ring (bicyclic) bond motifs is 1. The minimum absolute atomic E-state index is 0.764. The van der Waals surface area contributed by atoms with Crippen molar-refractivity contribution in [1.29, 1.82) is 0 Å². The van der Waals surface area contributed by atoms with E-state index >= 15 is 0 Å². The first kappa shape index (κ1) is 12.4. The number of thiophene rings is 1. The lowest BCUT2D eigenvalue weighted by Crippen LogP contribution is -2.00. The Labute approximate surface area is 120 Å². The molecule has 2 heterocycles. The molecule has 5 heteroatoms. The molecule has 0 aliphatic carbocycles. The fourth-order valence-corrected chi connectivity index (χ4v) is 3.17. The first-order chi connectivity index (χ1) is 9.28. The van der Waals surface area contributed by atoms with Crippen LogP contribution in [0.3, 0.4) is 0 Å². The van der Waals surface area contributed by atoms with Crippen molar-refractivity contribution in [2.45, 2.75) is 13.0 Å². The second kappa shape index (κ2) is 5.19. The van der Waals surface area contributed by atoms with Crippen molar-refractivity contribution < 1.29 is 4.74 Å². The molecule has 1 N–H and O–H groups in total. The Balaban J connectivity index is 1.94. The molecule has 19 heavy (non-hydrogen) atoms. The maximum atomic E-state index is 5.40. The molecule has 0 saturated carbocycles. The topological polar surface area (TPSA) is 29.9 Å². The predicted octanol–water partition coefficient (Wildman–Crippen LogP) is 4.01. The molecule has 3 nitrogen and oxygen atoms in total. The van der Waals surface area contributed by atoms with Crippen molar-refractivity contribution in [2.75, 3.05) is 7.11 Å². The monoisotopic (exact) mass is 290 g/mol. The Bertz CT molecular complexity index is 740. The van der Waals surface area contributed by atoms with Crippen LogP contribution in [-0.4, -0.2) is 16.7 Å². The smallest absolute Gasteiger partial charge is 0.178 e. The van der Waals surface area contributed by atoms with E-state index in [1.807, 2.05) is 12.1 Å². The lowest BCUT2D eigenvalue weighted by Gasteiger charge is -2.04. The molecule has 98 valence electrons. The summed E-state index contributed by atoms with van der Waals surface area (Å²) in [7, 11) is 1.67. The van der Waals surface area contributed by atoms with Gasteiger partial charge in [-0.3, -0.25) is 0 Å². The van der Waals surface area contributed by atoms with Crippen molar-refractivity contribution in [3.8, 4) is 5.75 Å². The van der Waals surface area contributed by atoms with E-state index in [0.717, 1.165) is 34.5 Å². The van der Waals surface area contributed by atoms with E-state index in [4.69, 9.17) is 17.0 Å². The number of imidazole rings is 1. The maximum Gasteiger partial charge on any atom is 0.178 e. The Kier molecular flexibility index (Phi) is 3.40. The zero-order valence-corrected chi connectivity index (χ0v) is 12.2. The minimum Gasteiger partial charge on any atom is -0.497 e. The van der Waals surface area contributed by atoms with Crippen LogP contribution >= 0.6 is 23.6 Å². The van der Waals surface area contributed by atoms with Gasteiger partial charge < -0.3 is 14.3 Å². The summed E-state index contributed by atoms with van der Waals surface area (Å²) in [6.45, 7) is 0.895. The lowest BCUT2D eigenvalue weighted by molar-refractivity contribution is 0.415. The van der Waals surface area contributed by atoms with Gasteiger partial charge in [0, 0.05) is 17.5 Å². The number of aryl methyl sites for hydroxylation is 2. The molecule has 1 aromatic carbocycles. The largest absolute Gasteiger partial charge is 0.497 e. The molecule has 0 unspecified atom stereocenters. The molecular formula is C14H14N2OS2. The summed E-state index contributed by atoms with van der Waals surface area (Å²) in [4.78, 5) is 4.61. The third-order valence-corrected chi connectivity index (χ3v) is 4.40. The van der Waals surface area contributed by atoms with E-state index in [1.54, 1.807) is 18.4 Å². The van der Waals surface area contributed by atoms with Crippen molar-refractivity contribution >= 4 is 34.6 Å². The normalized spacial score (nSPS) is 11.0. The number of H-pyrrole nitrogens is 1. The second-order valence-corrected chi connectivity index (χ2v) is 5.71. The number of rotatable bonds is 4. The van der Waals surface area contributed by atoms with E-state index in [9.17, 15) is 0 Å². The SMILES string of the molecule is COc1ccc2c(c1)[nH]c(=S)n2CCc1cccs1. The van der Waals surface area contributed by atoms with Gasteiger partial charge in [0.1, 0.15) is 5.75 Å². The second-order valence-electron chi connectivity index (χ2n) is 4.29.